The zero-order valence-corrected chi connectivity index (χ0v) is 24.3. The van der Waals surface area contributed by atoms with Crippen LogP contribution < -0.4 is 11.1 Å². The van der Waals surface area contributed by atoms with E-state index in [-0.39, 0.29) is 49.6 Å². The number of piperidine rings is 1. The maximum Gasteiger partial charge on any atom is 0.256 e. The van der Waals surface area contributed by atoms with Gasteiger partial charge in [-0.15, -0.1) is 24.8 Å². The van der Waals surface area contributed by atoms with Crippen molar-refractivity contribution in [1.29, 1.82) is 0 Å². The van der Waals surface area contributed by atoms with Crippen LogP contribution in [0.15, 0.2) is 60.0 Å². The number of hydrogen-bond acceptors (Lipinski definition) is 6. The van der Waals surface area contributed by atoms with Crippen LogP contribution >= 0.6 is 24.8 Å². The van der Waals surface area contributed by atoms with Crippen LogP contribution in [0, 0.1) is 5.41 Å². The monoisotopic (exact) mass is 587 g/mol. The normalized spacial score (nSPS) is 19.3. The molecule has 1 saturated heterocycles. The van der Waals surface area contributed by atoms with Gasteiger partial charge in [-0.05, 0) is 37.6 Å². The number of nitrogens with one attached hydrogen (secondary N) is 2. The summed E-state index contributed by atoms with van der Waals surface area (Å²) in [6.07, 6.45) is 4.64. The lowest BCUT2D eigenvalue weighted by atomic mass is 9.74. The summed E-state index contributed by atoms with van der Waals surface area (Å²) in [5, 5.41) is 9.76. The topological polar surface area (TPSA) is 137 Å². The van der Waals surface area contributed by atoms with Crippen LogP contribution in [0.25, 0.3) is 10.9 Å². The lowest BCUT2D eigenvalue weighted by Gasteiger charge is -2.40. The number of rotatable bonds is 7. The zero-order valence-electron chi connectivity index (χ0n) is 22.7. The molecule has 12 heteroatoms. The van der Waals surface area contributed by atoms with Gasteiger partial charge in [-0.25, -0.2) is 5.01 Å². The standard InChI is InChI=1S/C28H33N7O3.2ClH/c1-27(2,29)25(37)32-22(14-18-16-31-21-10-5-4-9-20(18)21)24(36)35-13-11-23-28(17-35,26(38)34(3)33-23)15-19-8-6-7-12-30-19;;/h4-10,12,16,22,31H,11,13-15,17,29H2,1-3H3,(H,32,37);2*1H/t22?,28-;;/m0../s1. The summed E-state index contributed by atoms with van der Waals surface area (Å²) in [6, 6.07) is 12.5. The number of amides is 3. The lowest BCUT2D eigenvalue weighted by molar-refractivity contribution is -0.142. The van der Waals surface area contributed by atoms with Crippen molar-refractivity contribution in [3.8, 4) is 0 Å². The smallest absolute Gasteiger partial charge is 0.256 e. The van der Waals surface area contributed by atoms with Gasteiger partial charge < -0.3 is 20.9 Å². The molecular formula is C28H35Cl2N7O3. The number of hydrazone groups is 1. The molecule has 0 aliphatic carbocycles. The van der Waals surface area contributed by atoms with E-state index < -0.39 is 22.9 Å². The SMILES string of the molecule is CN1N=C2CCN(C(=O)C(Cc3c[nH]c4ccccc34)NC(=O)C(C)(C)N)C[C@]2(Cc2ccccn2)C1=O.Cl.Cl. The molecular weight excluding hydrogens is 553 g/mol. The minimum absolute atomic E-state index is 0. The third-order valence-corrected chi connectivity index (χ3v) is 7.41. The van der Waals surface area contributed by atoms with E-state index in [4.69, 9.17) is 5.73 Å². The fourth-order valence-corrected chi connectivity index (χ4v) is 5.37. The summed E-state index contributed by atoms with van der Waals surface area (Å²) in [5.74, 6) is -0.833. The van der Waals surface area contributed by atoms with Gasteiger partial charge in [0.1, 0.15) is 11.5 Å². The van der Waals surface area contributed by atoms with E-state index in [0.29, 0.717) is 19.4 Å². The van der Waals surface area contributed by atoms with Crippen molar-refractivity contribution in [2.75, 3.05) is 20.1 Å². The number of likely N-dealkylation sites (tertiary alicyclic amines) is 1. The van der Waals surface area contributed by atoms with E-state index in [1.807, 2.05) is 48.7 Å². The van der Waals surface area contributed by atoms with Crippen LogP contribution in [-0.2, 0) is 27.2 Å². The molecule has 1 unspecified atom stereocenters. The Kier molecular flexibility index (Phi) is 9.28. The predicted octanol–water partition coefficient (Wildman–Crippen LogP) is 2.46. The summed E-state index contributed by atoms with van der Waals surface area (Å²) in [5.41, 5.74) is 7.30. The average molecular weight is 589 g/mol. The van der Waals surface area contributed by atoms with Crippen LogP contribution in [-0.4, -0.2) is 75.0 Å². The second-order valence-electron chi connectivity index (χ2n) is 10.8. The molecule has 5 rings (SSSR count). The number of para-hydroxylation sites is 1. The number of hydrogen-bond donors (Lipinski definition) is 3. The summed E-state index contributed by atoms with van der Waals surface area (Å²) in [6.45, 7) is 3.77. The van der Waals surface area contributed by atoms with Gasteiger partial charge in [0.15, 0.2) is 0 Å². The van der Waals surface area contributed by atoms with Crippen molar-refractivity contribution >= 4 is 59.2 Å². The van der Waals surface area contributed by atoms with Gasteiger partial charge >= 0.3 is 0 Å². The molecule has 1 fully saturated rings. The molecule has 214 valence electrons. The van der Waals surface area contributed by atoms with Crippen molar-refractivity contribution in [3.05, 3.63) is 66.1 Å². The maximum atomic E-state index is 14.1. The van der Waals surface area contributed by atoms with Crippen LogP contribution in [0.4, 0.5) is 0 Å². The number of aromatic amines is 1. The summed E-state index contributed by atoms with van der Waals surface area (Å²) in [4.78, 5) is 49.8. The second kappa shape index (κ2) is 12.0. The lowest BCUT2D eigenvalue weighted by Crippen LogP contribution is -2.61. The number of benzene rings is 1. The molecule has 10 nitrogen and oxygen atoms in total. The third-order valence-electron chi connectivity index (χ3n) is 7.41. The van der Waals surface area contributed by atoms with Crippen molar-refractivity contribution in [2.45, 2.75) is 44.7 Å². The maximum absolute atomic E-state index is 14.1. The number of aromatic nitrogens is 2. The Labute approximate surface area is 245 Å². The minimum atomic E-state index is -1.16. The van der Waals surface area contributed by atoms with Gasteiger partial charge in [0, 0.05) is 68.4 Å². The van der Waals surface area contributed by atoms with Crippen molar-refractivity contribution < 1.29 is 14.4 Å². The molecule has 0 spiro atoms. The third kappa shape index (κ3) is 5.84. The first kappa shape index (κ1) is 31.1. The Bertz CT molecular complexity index is 1420. The Morgan fingerprint density at radius 1 is 1.18 bits per heavy atom. The molecule has 0 bridgehead atoms. The van der Waals surface area contributed by atoms with E-state index in [9.17, 15) is 14.4 Å². The first-order valence-corrected chi connectivity index (χ1v) is 12.8. The number of H-pyrrole nitrogens is 1. The molecule has 4 heterocycles. The highest BCUT2D eigenvalue weighted by Crippen LogP contribution is 2.38. The number of pyridine rings is 1. The Morgan fingerprint density at radius 2 is 1.90 bits per heavy atom. The summed E-state index contributed by atoms with van der Waals surface area (Å²) >= 11 is 0. The van der Waals surface area contributed by atoms with Gasteiger partial charge in [-0.2, -0.15) is 5.10 Å². The number of fused-ring (bicyclic) bond motifs is 2. The van der Waals surface area contributed by atoms with E-state index in [1.165, 1.54) is 5.01 Å². The van der Waals surface area contributed by atoms with Crippen LogP contribution in [0.2, 0.25) is 0 Å². The van der Waals surface area contributed by atoms with E-state index in [1.54, 1.807) is 32.0 Å². The van der Waals surface area contributed by atoms with E-state index >= 15 is 0 Å². The number of carbonyl (C=O) groups is 3. The Morgan fingerprint density at radius 3 is 2.60 bits per heavy atom. The first-order valence-electron chi connectivity index (χ1n) is 12.8. The molecule has 1 aromatic carbocycles. The molecule has 2 aliphatic heterocycles. The summed E-state index contributed by atoms with van der Waals surface area (Å²) < 4.78 is 0. The molecule has 2 aliphatic rings. The number of nitrogens with zero attached hydrogens (tertiary/aromatic N) is 4. The molecule has 40 heavy (non-hydrogen) atoms. The van der Waals surface area contributed by atoms with Gasteiger partial charge in [0.2, 0.25) is 11.8 Å². The molecule has 2 atom stereocenters. The quantitative estimate of drug-likeness (QED) is 0.390. The van der Waals surface area contributed by atoms with E-state index in [2.05, 4.69) is 20.4 Å². The number of halogens is 2. The molecule has 4 N–H and O–H groups in total. The van der Waals surface area contributed by atoms with Gasteiger partial charge in [-0.1, -0.05) is 24.3 Å². The first-order chi connectivity index (χ1) is 18.1. The predicted molar refractivity (Wildman–Crippen MR) is 158 cm³/mol. The van der Waals surface area contributed by atoms with Gasteiger partial charge in [0.25, 0.3) is 5.91 Å². The largest absolute Gasteiger partial charge is 0.361 e. The van der Waals surface area contributed by atoms with Crippen LogP contribution in [0.3, 0.4) is 0 Å². The van der Waals surface area contributed by atoms with Gasteiger partial charge in [-0.3, -0.25) is 19.4 Å². The Hall–Kier alpha value is -3.47. The highest BCUT2D eigenvalue weighted by atomic mass is 35.5. The summed E-state index contributed by atoms with van der Waals surface area (Å²) in [7, 11) is 1.64. The average Bonchev–Trinajstić information content (AvgIpc) is 3.41. The molecule has 3 aromatic rings. The number of carbonyl (C=O) groups excluding carboxylic acids is 3. The van der Waals surface area contributed by atoms with Gasteiger partial charge in [0.05, 0.1) is 11.3 Å². The fraction of sp³-hybridized carbons (Fsp3) is 0.393. The molecule has 0 radical (unpaired) electrons. The minimum Gasteiger partial charge on any atom is -0.361 e. The van der Waals surface area contributed by atoms with Crippen molar-refractivity contribution in [2.24, 2.45) is 16.3 Å². The second-order valence-corrected chi connectivity index (χ2v) is 10.8. The molecule has 3 amide bonds. The number of nitrogens with two attached hydrogens (primary N) is 1. The molecule has 0 saturated carbocycles. The zero-order chi connectivity index (χ0) is 27.1. The van der Waals surface area contributed by atoms with Crippen LogP contribution in [0.5, 0.6) is 0 Å². The molecule has 2 aromatic heterocycles. The van der Waals surface area contributed by atoms with E-state index in [0.717, 1.165) is 27.9 Å². The van der Waals surface area contributed by atoms with Crippen molar-refractivity contribution in [3.63, 3.8) is 0 Å². The van der Waals surface area contributed by atoms with Crippen molar-refractivity contribution in [1.82, 2.24) is 25.2 Å². The highest BCUT2D eigenvalue weighted by Gasteiger charge is 2.54. The highest BCUT2D eigenvalue weighted by molar-refractivity contribution is 6.13. The van der Waals surface area contributed by atoms with Crippen LogP contribution in [0.1, 0.15) is 31.5 Å². The fourth-order valence-electron chi connectivity index (χ4n) is 5.37. The Balaban J connectivity index is 0.00000220.